The molecular weight excluding hydrogens is 410 g/mol. The molecule has 3 aliphatic heterocycles. The van der Waals surface area contributed by atoms with E-state index in [9.17, 15) is 0 Å². The second-order valence-electron chi connectivity index (χ2n) is 9.42. The van der Waals surface area contributed by atoms with Gasteiger partial charge in [0.1, 0.15) is 17.9 Å². The maximum atomic E-state index is 6.22. The van der Waals surface area contributed by atoms with Gasteiger partial charge in [-0.1, -0.05) is 36.4 Å². The van der Waals surface area contributed by atoms with Crippen molar-refractivity contribution in [3.05, 3.63) is 84.5 Å². The highest BCUT2D eigenvalue weighted by Gasteiger charge is 2.56. The Morgan fingerprint density at radius 2 is 1.88 bits per heavy atom. The number of fused-ring (bicyclic) bond motifs is 1. The Bertz CT molecular complexity index is 1130. The van der Waals surface area contributed by atoms with Crippen molar-refractivity contribution in [1.82, 2.24) is 4.90 Å². The molecule has 6 heteroatoms. The van der Waals surface area contributed by atoms with Crippen LogP contribution in [-0.2, 0) is 6.61 Å². The lowest BCUT2D eigenvalue weighted by Crippen LogP contribution is -2.71. The summed E-state index contributed by atoms with van der Waals surface area (Å²) in [6.45, 7) is 4.03. The molecule has 1 unspecified atom stereocenters. The first kappa shape index (κ1) is 20.4. The van der Waals surface area contributed by atoms with Crippen molar-refractivity contribution in [1.29, 1.82) is 0 Å². The Morgan fingerprint density at radius 3 is 2.64 bits per heavy atom. The van der Waals surface area contributed by atoms with Crippen LogP contribution in [0.3, 0.4) is 0 Å². The summed E-state index contributed by atoms with van der Waals surface area (Å²) in [4.78, 5) is 11.6. The molecule has 1 atom stereocenters. The Kier molecular flexibility index (Phi) is 5.12. The molecule has 168 valence electrons. The molecule has 1 saturated heterocycles. The van der Waals surface area contributed by atoms with E-state index < -0.39 is 0 Å². The average Bonchev–Trinajstić information content (AvgIpc) is 3.23. The molecule has 4 aliphatic rings. The van der Waals surface area contributed by atoms with Crippen LogP contribution in [-0.4, -0.2) is 47.2 Å². The molecule has 6 rings (SSSR count). The van der Waals surface area contributed by atoms with Gasteiger partial charge in [-0.15, -0.1) is 4.59 Å². The normalized spacial score (nSPS) is 24.5. The molecule has 1 aliphatic carbocycles. The van der Waals surface area contributed by atoms with Gasteiger partial charge in [0, 0.05) is 12.6 Å². The quantitative estimate of drug-likeness (QED) is 0.550. The molecule has 3 heterocycles. The van der Waals surface area contributed by atoms with Gasteiger partial charge in [0.15, 0.2) is 6.20 Å². The van der Waals surface area contributed by atoms with Crippen molar-refractivity contribution in [3.8, 4) is 5.75 Å². The number of ether oxygens (including phenoxy) is 1. The average molecular weight is 441 g/mol. The van der Waals surface area contributed by atoms with E-state index in [1.165, 1.54) is 44.3 Å². The number of allylic oxidation sites excluding steroid dienone is 1. The molecule has 0 radical (unpaired) electrons. The smallest absolute Gasteiger partial charge is 0.225 e. The van der Waals surface area contributed by atoms with E-state index in [0.29, 0.717) is 11.2 Å². The first-order chi connectivity index (χ1) is 16.3. The predicted molar refractivity (Wildman–Crippen MR) is 132 cm³/mol. The number of benzene rings is 2. The minimum Gasteiger partial charge on any atom is -0.489 e. The molecule has 2 aromatic rings. The topological polar surface area (TPSA) is 40.4 Å². The van der Waals surface area contributed by atoms with E-state index in [1.807, 2.05) is 43.2 Å². The van der Waals surface area contributed by atoms with Crippen LogP contribution in [0.5, 0.6) is 5.75 Å². The minimum atomic E-state index is 0.0451. The van der Waals surface area contributed by atoms with E-state index in [-0.39, 0.29) is 5.54 Å². The van der Waals surface area contributed by atoms with E-state index in [4.69, 9.17) is 4.74 Å². The summed E-state index contributed by atoms with van der Waals surface area (Å²) in [5.74, 6) is 0.884. The van der Waals surface area contributed by atoms with Crippen LogP contribution in [0.1, 0.15) is 31.2 Å². The minimum absolute atomic E-state index is 0.0451. The number of aliphatic imine (C=N–C) groups is 2. The standard InChI is InChI=1S/C27H30N5O/c1-2-7-23(8-3-1)20-33-26-10-4-9-24(17-26)31(27(11-5-12-27)21-30-14-6-15-30)32-16-13-28-18-25(32)19-29-22-32/h1-4,7-10,13,16-19,22H,5-6,11-12,14-15,20-21H2/q+1. The highest BCUT2D eigenvalue weighted by molar-refractivity contribution is 5.82. The molecule has 0 amide bonds. The number of hydrogen-bond donors (Lipinski definition) is 0. The maximum Gasteiger partial charge on any atom is 0.225 e. The second kappa shape index (κ2) is 8.28. The molecular formula is C27H30N5O+. The SMILES string of the molecule is C1=C[N+]2(N(c3cccc(OCc4ccccc4)c3)C3(CN4CCC4)CCC3)C=NC=C2C=N1. The largest absolute Gasteiger partial charge is 0.489 e. The monoisotopic (exact) mass is 440 g/mol. The van der Waals surface area contributed by atoms with Gasteiger partial charge in [-0.25, -0.2) is 10.0 Å². The van der Waals surface area contributed by atoms with Crippen molar-refractivity contribution < 1.29 is 9.33 Å². The van der Waals surface area contributed by atoms with Gasteiger partial charge in [0.2, 0.25) is 12.0 Å². The second-order valence-corrected chi connectivity index (χ2v) is 9.42. The molecule has 0 spiro atoms. The number of hydrogen-bond acceptors (Lipinski definition) is 5. The molecule has 6 nitrogen and oxygen atoms in total. The molecule has 1 saturated carbocycles. The summed E-state index contributed by atoms with van der Waals surface area (Å²) < 4.78 is 6.68. The van der Waals surface area contributed by atoms with Crippen molar-refractivity contribution in [2.45, 2.75) is 37.8 Å². The zero-order valence-corrected chi connectivity index (χ0v) is 18.9. The summed E-state index contributed by atoms with van der Waals surface area (Å²) in [7, 11) is 0. The number of likely N-dealkylation sites (tertiary alicyclic amines) is 1. The van der Waals surface area contributed by atoms with Crippen molar-refractivity contribution in [2.75, 3.05) is 24.6 Å². The van der Waals surface area contributed by atoms with E-state index >= 15 is 0 Å². The fraction of sp³-hybridized carbons (Fsp3) is 0.333. The summed E-state index contributed by atoms with van der Waals surface area (Å²) in [5.41, 5.74) is 3.44. The molecule has 2 fully saturated rings. The summed E-state index contributed by atoms with van der Waals surface area (Å²) in [6.07, 6.45) is 14.8. The summed E-state index contributed by atoms with van der Waals surface area (Å²) >= 11 is 0. The number of nitrogens with zero attached hydrogens (tertiary/aromatic N) is 5. The third-order valence-electron chi connectivity index (χ3n) is 7.29. The lowest BCUT2D eigenvalue weighted by Gasteiger charge is -2.57. The third kappa shape index (κ3) is 3.59. The fourth-order valence-electron chi connectivity index (χ4n) is 5.35. The van der Waals surface area contributed by atoms with Gasteiger partial charge in [0.25, 0.3) is 0 Å². The van der Waals surface area contributed by atoms with Crippen LogP contribution in [0.25, 0.3) is 0 Å². The molecule has 0 N–H and O–H groups in total. The lowest BCUT2D eigenvalue weighted by molar-refractivity contribution is -0.751. The van der Waals surface area contributed by atoms with Gasteiger partial charge in [-0.05, 0) is 56.5 Å². The van der Waals surface area contributed by atoms with Gasteiger partial charge in [-0.3, -0.25) is 4.99 Å². The van der Waals surface area contributed by atoms with Crippen LogP contribution in [0.2, 0.25) is 0 Å². The summed E-state index contributed by atoms with van der Waals surface area (Å²) in [5, 5.41) is 2.56. The third-order valence-corrected chi connectivity index (χ3v) is 7.29. The van der Waals surface area contributed by atoms with Crippen LogP contribution in [0.4, 0.5) is 5.69 Å². The van der Waals surface area contributed by atoms with Crippen molar-refractivity contribution >= 4 is 18.2 Å². The van der Waals surface area contributed by atoms with Crippen LogP contribution in [0, 0.1) is 0 Å². The zero-order valence-electron chi connectivity index (χ0n) is 18.9. The zero-order chi connectivity index (χ0) is 22.1. The highest BCUT2D eigenvalue weighted by atomic mass is 16.5. The van der Waals surface area contributed by atoms with E-state index in [0.717, 1.165) is 23.7 Å². The first-order valence-electron chi connectivity index (χ1n) is 11.9. The van der Waals surface area contributed by atoms with E-state index in [2.05, 4.69) is 62.5 Å². The number of anilines is 1. The molecule has 0 bridgehead atoms. The number of rotatable bonds is 8. The first-order valence-corrected chi connectivity index (χ1v) is 11.9. The Labute approximate surface area is 195 Å². The molecule has 33 heavy (non-hydrogen) atoms. The highest BCUT2D eigenvalue weighted by Crippen LogP contribution is 2.47. The van der Waals surface area contributed by atoms with Crippen molar-refractivity contribution in [3.63, 3.8) is 0 Å². The predicted octanol–water partition coefficient (Wildman–Crippen LogP) is 4.87. The van der Waals surface area contributed by atoms with Crippen LogP contribution < -0.4 is 9.75 Å². The van der Waals surface area contributed by atoms with Gasteiger partial charge in [-0.2, -0.15) is 0 Å². The molecule has 2 aromatic carbocycles. The van der Waals surface area contributed by atoms with Gasteiger partial charge < -0.3 is 9.64 Å². The Morgan fingerprint density at radius 1 is 1.00 bits per heavy atom. The van der Waals surface area contributed by atoms with Gasteiger partial charge >= 0.3 is 0 Å². The lowest BCUT2D eigenvalue weighted by atomic mass is 9.74. The molecule has 0 aromatic heterocycles. The Hall–Kier alpha value is -3.22. The van der Waals surface area contributed by atoms with E-state index in [1.54, 1.807) is 0 Å². The summed E-state index contributed by atoms with van der Waals surface area (Å²) in [6, 6.07) is 18.9. The van der Waals surface area contributed by atoms with Crippen molar-refractivity contribution in [2.24, 2.45) is 9.98 Å². The van der Waals surface area contributed by atoms with Gasteiger partial charge in [0.05, 0.1) is 24.3 Å². The maximum absolute atomic E-state index is 6.22. The van der Waals surface area contributed by atoms with Crippen LogP contribution >= 0.6 is 0 Å². The Balaban J connectivity index is 1.37. The van der Waals surface area contributed by atoms with Crippen LogP contribution in [0.15, 0.2) is 88.9 Å². The number of quaternary nitrogens is 1. The fourth-order valence-corrected chi connectivity index (χ4v) is 5.35.